The number of piperazine rings is 1. The summed E-state index contributed by atoms with van der Waals surface area (Å²) in [5.41, 5.74) is 0.600. The van der Waals surface area contributed by atoms with Gasteiger partial charge in [-0.15, -0.1) is 0 Å². The normalized spacial score (nSPS) is 23.5. The van der Waals surface area contributed by atoms with E-state index in [2.05, 4.69) is 20.8 Å². The predicted molar refractivity (Wildman–Crippen MR) is 79.7 cm³/mol. The molecule has 1 aromatic carbocycles. The van der Waals surface area contributed by atoms with Gasteiger partial charge in [0.15, 0.2) is 0 Å². The summed E-state index contributed by atoms with van der Waals surface area (Å²) in [4.78, 5) is 17.0. The zero-order valence-corrected chi connectivity index (χ0v) is 13.0. The van der Waals surface area contributed by atoms with Gasteiger partial charge < -0.3 is 4.90 Å². The van der Waals surface area contributed by atoms with E-state index in [1.807, 2.05) is 17.0 Å². The highest BCUT2D eigenvalue weighted by Gasteiger charge is 2.33. The van der Waals surface area contributed by atoms with E-state index in [1.165, 1.54) is 19.4 Å². The highest BCUT2D eigenvalue weighted by Crippen LogP contribution is 2.28. The lowest BCUT2D eigenvalue weighted by molar-refractivity contribution is 0.0571. The first-order valence-corrected chi connectivity index (χ1v) is 7.81. The number of hydrogen-bond acceptors (Lipinski definition) is 2. The lowest BCUT2D eigenvalue weighted by Crippen LogP contribution is -2.52. The molecule has 1 amide bonds. The van der Waals surface area contributed by atoms with Gasteiger partial charge >= 0.3 is 0 Å². The van der Waals surface area contributed by atoms with E-state index < -0.39 is 0 Å². The van der Waals surface area contributed by atoms with Crippen molar-refractivity contribution in [3.05, 3.63) is 33.3 Å². The van der Waals surface area contributed by atoms with Crippen LogP contribution in [0.5, 0.6) is 0 Å². The molecular weight excluding hydrogens is 328 g/mol. The van der Waals surface area contributed by atoms with Gasteiger partial charge in [0.25, 0.3) is 5.91 Å². The summed E-state index contributed by atoms with van der Waals surface area (Å²) >= 11 is 9.59. The molecule has 0 N–H and O–H groups in total. The van der Waals surface area contributed by atoms with Gasteiger partial charge in [0.05, 0.1) is 10.6 Å². The maximum absolute atomic E-state index is 12.6. The van der Waals surface area contributed by atoms with Crippen LogP contribution in [-0.2, 0) is 0 Å². The Morgan fingerprint density at radius 2 is 2.16 bits per heavy atom. The molecule has 0 bridgehead atoms. The summed E-state index contributed by atoms with van der Waals surface area (Å²) in [6.07, 6.45) is 2.46. The third kappa shape index (κ3) is 2.54. The number of fused-ring (bicyclic) bond motifs is 1. The third-order valence-electron chi connectivity index (χ3n) is 4.06. The van der Waals surface area contributed by atoms with E-state index in [1.54, 1.807) is 6.07 Å². The zero-order valence-electron chi connectivity index (χ0n) is 10.6. The second-order valence-electron chi connectivity index (χ2n) is 5.18. The largest absolute Gasteiger partial charge is 0.336 e. The quantitative estimate of drug-likeness (QED) is 0.782. The monoisotopic (exact) mass is 342 g/mol. The number of carbonyl (C=O) groups excluding carboxylic acids is 1. The molecule has 1 atom stereocenters. The predicted octanol–water partition coefficient (Wildman–Crippen LogP) is 3.02. The van der Waals surface area contributed by atoms with Gasteiger partial charge in [0.1, 0.15) is 0 Å². The molecule has 3 nitrogen and oxygen atoms in total. The lowest BCUT2D eigenvalue weighted by atomic mass is 10.1. The van der Waals surface area contributed by atoms with Crippen molar-refractivity contribution in [2.45, 2.75) is 18.9 Å². The standard InChI is InChI=1S/C14H16BrClN2O/c15-12-5-1-4-11(13(12)16)14(19)18-8-7-17-6-2-3-10(17)9-18/h1,4-5,10H,2-3,6-9H2. The Bertz CT molecular complexity index is 508. The second kappa shape index (κ2) is 5.43. The molecule has 0 saturated carbocycles. The van der Waals surface area contributed by atoms with Gasteiger partial charge in [-0.25, -0.2) is 0 Å². The molecule has 2 heterocycles. The third-order valence-corrected chi connectivity index (χ3v) is 5.35. The number of nitrogens with zero attached hydrogens (tertiary/aromatic N) is 2. The molecule has 0 spiro atoms. The fraction of sp³-hybridized carbons (Fsp3) is 0.500. The van der Waals surface area contributed by atoms with Crippen LogP contribution in [0.1, 0.15) is 23.2 Å². The summed E-state index contributed by atoms with van der Waals surface area (Å²) in [7, 11) is 0. The first kappa shape index (κ1) is 13.4. The number of benzene rings is 1. The van der Waals surface area contributed by atoms with Gasteiger partial charge in [-0.05, 0) is 47.4 Å². The minimum absolute atomic E-state index is 0.0536. The Kier molecular flexibility index (Phi) is 3.83. The molecule has 0 aromatic heterocycles. The molecule has 102 valence electrons. The molecule has 3 rings (SSSR count). The van der Waals surface area contributed by atoms with E-state index in [9.17, 15) is 4.79 Å². The van der Waals surface area contributed by atoms with Gasteiger partial charge in [-0.3, -0.25) is 9.69 Å². The lowest BCUT2D eigenvalue weighted by Gasteiger charge is -2.37. The summed E-state index contributed by atoms with van der Waals surface area (Å²) in [5.74, 6) is 0.0536. The van der Waals surface area contributed by atoms with Crippen LogP contribution < -0.4 is 0 Å². The van der Waals surface area contributed by atoms with E-state index in [0.29, 0.717) is 16.6 Å². The van der Waals surface area contributed by atoms with E-state index >= 15 is 0 Å². The average molecular weight is 344 g/mol. The van der Waals surface area contributed by atoms with Crippen LogP contribution in [0.3, 0.4) is 0 Å². The number of amides is 1. The summed E-state index contributed by atoms with van der Waals surface area (Å²) in [5, 5.41) is 0.515. The zero-order chi connectivity index (χ0) is 13.4. The van der Waals surface area contributed by atoms with Gasteiger partial charge in [-0.1, -0.05) is 17.7 Å². The van der Waals surface area contributed by atoms with Crippen LogP contribution in [0.2, 0.25) is 5.02 Å². The van der Waals surface area contributed by atoms with Crippen molar-refractivity contribution >= 4 is 33.4 Å². The molecule has 1 aromatic rings. The molecule has 1 unspecified atom stereocenters. The summed E-state index contributed by atoms with van der Waals surface area (Å²) in [6, 6.07) is 6.06. The Morgan fingerprint density at radius 3 is 3.00 bits per heavy atom. The number of halogens is 2. The van der Waals surface area contributed by atoms with Crippen molar-refractivity contribution in [2.75, 3.05) is 26.2 Å². The summed E-state index contributed by atoms with van der Waals surface area (Å²) in [6.45, 7) is 3.81. The fourth-order valence-corrected chi connectivity index (χ4v) is 3.59. The van der Waals surface area contributed by atoms with Crippen LogP contribution in [0, 0.1) is 0 Å². The minimum Gasteiger partial charge on any atom is -0.336 e. The fourth-order valence-electron chi connectivity index (χ4n) is 3.01. The molecule has 2 saturated heterocycles. The smallest absolute Gasteiger partial charge is 0.255 e. The Labute approximate surface area is 126 Å². The maximum Gasteiger partial charge on any atom is 0.255 e. The van der Waals surface area contributed by atoms with Crippen molar-refractivity contribution in [1.82, 2.24) is 9.80 Å². The first-order chi connectivity index (χ1) is 9.16. The first-order valence-electron chi connectivity index (χ1n) is 6.64. The highest BCUT2D eigenvalue weighted by molar-refractivity contribution is 9.10. The number of rotatable bonds is 1. The van der Waals surface area contributed by atoms with Gasteiger partial charge in [-0.2, -0.15) is 0 Å². The van der Waals surface area contributed by atoms with Crippen LogP contribution in [0.25, 0.3) is 0 Å². The molecule has 2 aliphatic heterocycles. The van der Waals surface area contributed by atoms with Crippen LogP contribution in [-0.4, -0.2) is 47.9 Å². The van der Waals surface area contributed by atoms with E-state index in [4.69, 9.17) is 11.6 Å². The molecule has 2 aliphatic rings. The van der Waals surface area contributed by atoms with Crippen LogP contribution in [0.4, 0.5) is 0 Å². The summed E-state index contributed by atoms with van der Waals surface area (Å²) < 4.78 is 0.777. The van der Waals surface area contributed by atoms with Crippen molar-refractivity contribution in [1.29, 1.82) is 0 Å². The molecule has 19 heavy (non-hydrogen) atoms. The Morgan fingerprint density at radius 1 is 1.32 bits per heavy atom. The van der Waals surface area contributed by atoms with Crippen molar-refractivity contribution < 1.29 is 4.79 Å². The van der Waals surface area contributed by atoms with Crippen molar-refractivity contribution in [3.63, 3.8) is 0 Å². The molecule has 2 fully saturated rings. The molecule has 0 aliphatic carbocycles. The highest BCUT2D eigenvalue weighted by atomic mass is 79.9. The second-order valence-corrected chi connectivity index (χ2v) is 6.42. The van der Waals surface area contributed by atoms with E-state index in [-0.39, 0.29) is 5.91 Å². The number of hydrogen-bond donors (Lipinski definition) is 0. The van der Waals surface area contributed by atoms with Crippen molar-refractivity contribution in [2.24, 2.45) is 0 Å². The maximum atomic E-state index is 12.6. The van der Waals surface area contributed by atoms with Gasteiger partial charge in [0.2, 0.25) is 0 Å². The molecule has 0 radical (unpaired) electrons. The molecular formula is C14H16BrClN2O. The average Bonchev–Trinajstić information content (AvgIpc) is 2.88. The van der Waals surface area contributed by atoms with Gasteiger partial charge in [0, 0.05) is 30.1 Å². The Balaban J connectivity index is 1.79. The SMILES string of the molecule is O=C(c1cccc(Br)c1Cl)N1CCN2CCCC2C1. The van der Waals surface area contributed by atoms with Crippen LogP contribution >= 0.6 is 27.5 Å². The Hall–Kier alpha value is -0.580. The van der Waals surface area contributed by atoms with E-state index in [0.717, 1.165) is 24.1 Å². The van der Waals surface area contributed by atoms with Crippen LogP contribution in [0.15, 0.2) is 22.7 Å². The number of carbonyl (C=O) groups is 1. The molecule has 5 heteroatoms. The van der Waals surface area contributed by atoms with Crippen molar-refractivity contribution in [3.8, 4) is 0 Å². The minimum atomic E-state index is 0.0536. The topological polar surface area (TPSA) is 23.6 Å².